The Morgan fingerprint density at radius 3 is 2.05 bits per heavy atom. The molecule has 1 unspecified atom stereocenters. The third kappa shape index (κ3) is 8.18. The third-order valence-corrected chi connectivity index (χ3v) is 2.49. The number of hydrogen-bond donors (Lipinski definition) is 3. The highest BCUT2D eigenvalue weighted by Crippen LogP contribution is 2.04. The molecule has 0 aromatic rings. The summed E-state index contributed by atoms with van der Waals surface area (Å²) in [7, 11) is 0. The van der Waals surface area contributed by atoms with Crippen molar-refractivity contribution in [3.05, 3.63) is 0 Å². The number of rotatable bonds is 8. The second kappa shape index (κ2) is 8.50. The lowest BCUT2D eigenvalue weighted by Gasteiger charge is -2.16. The van der Waals surface area contributed by atoms with Gasteiger partial charge in [0.2, 0.25) is 11.8 Å². The quantitative estimate of drug-likeness (QED) is 0.612. The van der Waals surface area contributed by atoms with E-state index in [4.69, 9.17) is 5.11 Å². The van der Waals surface area contributed by atoms with Gasteiger partial charge in [0, 0.05) is 18.4 Å². The summed E-state index contributed by atoms with van der Waals surface area (Å²) < 4.78 is 0. The van der Waals surface area contributed by atoms with Crippen LogP contribution in [0, 0.1) is 5.92 Å². The molecule has 1 atom stereocenters. The van der Waals surface area contributed by atoms with Crippen molar-refractivity contribution in [1.29, 1.82) is 0 Å². The Hall–Kier alpha value is -1.59. The van der Waals surface area contributed by atoms with Gasteiger partial charge in [0.25, 0.3) is 0 Å². The van der Waals surface area contributed by atoms with E-state index < -0.39 is 12.0 Å². The van der Waals surface area contributed by atoms with Crippen LogP contribution in [-0.4, -0.2) is 35.0 Å². The van der Waals surface area contributed by atoms with E-state index in [0.29, 0.717) is 6.42 Å². The molecule has 0 fully saturated rings. The molecule has 2 amide bonds. The molecule has 0 aromatic carbocycles. The van der Waals surface area contributed by atoms with Crippen molar-refractivity contribution in [1.82, 2.24) is 10.6 Å². The van der Waals surface area contributed by atoms with Crippen LogP contribution in [-0.2, 0) is 14.4 Å². The minimum Gasteiger partial charge on any atom is -0.480 e. The van der Waals surface area contributed by atoms with E-state index in [1.165, 1.54) is 0 Å². The predicted octanol–water partition coefficient (Wildman–Crippen LogP) is 0.907. The molecule has 0 aromatic heterocycles. The second-order valence-electron chi connectivity index (χ2n) is 5.17. The zero-order chi connectivity index (χ0) is 15.0. The summed E-state index contributed by atoms with van der Waals surface area (Å²) in [6, 6.07) is -0.856. The number of carboxylic acids is 1. The largest absolute Gasteiger partial charge is 0.480 e. The van der Waals surface area contributed by atoms with Crippen LogP contribution >= 0.6 is 0 Å². The Kier molecular flexibility index (Phi) is 7.79. The molecule has 0 rings (SSSR count). The number of nitrogens with one attached hydrogen (secondary N) is 2. The minimum atomic E-state index is -1.07. The van der Waals surface area contributed by atoms with Gasteiger partial charge in [-0.3, -0.25) is 9.59 Å². The van der Waals surface area contributed by atoms with Crippen LogP contribution < -0.4 is 10.6 Å². The molecule has 19 heavy (non-hydrogen) atoms. The van der Waals surface area contributed by atoms with E-state index in [-0.39, 0.29) is 36.6 Å². The summed E-state index contributed by atoms with van der Waals surface area (Å²) in [5.41, 5.74) is 0. The first-order chi connectivity index (χ1) is 8.73. The summed E-state index contributed by atoms with van der Waals surface area (Å²) in [6.07, 6.45) is 0.937. The maximum Gasteiger partial charge on any atom is 0.326 e. The molecule has 0 aliphatic rings. The number of carbonyl (C=O) groups excluding carboxylic acids is 2. The Morgan fingerprint density at radius 1 is 1.05 bits per heavy atom. The summed E-state index contributed by atoms with van der Waals surface area (Å²) in [4.78, 5) is 33.8. The highest BCUT2D eigenvalue weighted by molar-refractivity contribution is 5.84. The fourth-order valence-electron chi connectivity index (χ4n) is 1.46. The van der Waals surface area contributed by atoms with E-state index in [9.17, 15) is 14.4 Å². The smallest absolute Gasteiger partial charge is 0.326 e. The van der Waals surface area contributed by atoms with Crippen molar-refractivity contribution >= 4 is 17.8 Å². The van der Waals surface area contributed by atoms with Gasteiger partial charge in [-0.1, -0.05) is 13.8 Å². The van der Waals surface area contributed by atoms with E-state index >= 15 is 0 Å². The summed E-state index contributed by atoms with van der Waals surface area (Å²) >= 11 is 0. The molecular formula is C13H24N2O4. The fraction of sp³-hybridized carbons (Fsp3) is 0.769. The SMILES string of the molecule is CC(C)NC(=O)CCCC(NC(=O)C(C)C)C(=O)O. The van der Waals surface area contributed by atoms with E-state index in [1.54, 1.807) is 13.8 Å². The topological polar surface area (TPSA) is 95.5 Å². The van der Waals surface area contributed by atoms with Gasteiger partial charge in [-0.2, -0.15) is 0 Å². The first-order valence-electron chi connectivity index (χ1n) is 6.56. The van der Waals surface area contributed by atoms with Gasteiger partial charge < -0.3 is 15.7 Å². The average molecular weight is 272 g/mol. The number of carbonyl (C=O) groups is 3. The lowest BCUT2D eigenvalue weighted by molar-refractivity contribution is -0.142. The van der Waals surface area contributed by atoms with Crippen LogP contribution in [0.5, 0.6) is 0 Å². The van der Waals surface area contributed by atoms with Crippen molar-refractivity contribution in [2.45, 2.75) is 59.0 Å². The first kappa shape index (κ1) is 17.4. The van der Waals surface area contributed by atoms with Gasteiger partial charge in [0.05, 0.1) is 0 Å². The number of amides is 2. The van der Waals surface area contributed by atoms with E-state index in [2.05, 4.69) is 10.6 Å². The van der Waals surface area contributed by atoms with Crippen LogP contribution in [0.15, 0.2) is 0 Å². The van der Waals surface area contributed by atoms with Crippen LogP contribution in [0.2, 0.25) is 0 Å². The molecule has 0 bridgehead atoms. The molecule has 6 heteroatoms. The van der Waals surface area contributed by atoms with Crippen molar-refractivity contribution in [3.63, 3.8) is 0 Å². The summed E-state index contributed by atoms with van der Waals surface area (Å²) in [5.74, 6) is -1.72. The van der Waals surface area contributed by atoms with Crippen LogP contribution in [0.25, 0.3) is 0 Å². The minimum absolute atomic E-state index is 0.0726. The van der Waals surface area contributed by atoms with E-state index in [0.717, 1.165) is 0 Å². The second-order valence-corrected chi connectivity index (χ2v) is 5.17. The fourth-order valence-corrected chi connectivity index (χ4v) is 1.46. The Morgan fingerprint density at radius 2 is 1.63 bits per heavy atom. The average Bonchev–Trinajstić information content (AvgIpc) is 2.25. The zero-order valence-corrected chi connectivity index (χ0v) is 12.0. The third-order valence-electron chi connectivity index (χ3n) is 2.49. The maximum absolute atomic E-state index is 11.4. The number of carboxylic acid groups (broad SMARTS) is 1. The Bertz CT molecular complexity index is 327. The highest BCUT2D eigenvalue weighted by atomic mass is 16.4. The van der Waals surface area contributed by atoms with Gasteiger partial charge >= 0.3 is 5.97 Å². The monoisotopic (exact) mass is 272 g/mol. The van der Waals surface area contributed by atoms with Crippen molar-refractivity contribution < 1.29 is 19.5 Å². The zero-order valence-electron chi connectivity index (χ0n) is 12.0. The molecule has 0 saturated heterocycles. The Labute approximate surface area is 113 Å². The summed E-state index contributed by atoms with van der Waals surface area (Å²) in [6.45, 7) is 7.12. The maximum atomic E-state index is 11.4. The lowest BCUT2D eigenvalue weighted by Crippen LogP contribution is -2.42. The molecule has 6 nitrogen and oxygen atoms in total. The van der Waals surface area contributed by atoms with E-state index in [1.807, 2.05) is 13.8 Å². The lowest BCUT2D eigenvalue weighted by atomic mass is 10.1. The van der Waals surface area contributed by atoms with Crippen molar-refractivity contribution in [2.75, 3.05) is 0 Å². The van der Waals surface area contributed by atoms with Gasteiger partial charge in [-0.15, -0.1) is 0 Å². The molecule has 3 N–H and O–H groups in total. The van der Waals surface area contributed by atoms with Crippen LogP contribution in [0.4, 0.5) is 0 Å². The molecular weight excluding hydrogens is 248 g/mol. The van der Waals surface area contributed by atoms with Gasteiger partial charge in [0.1, 0.15) is 6.04 Å². The first-order valence-corrected chi connectivity index (χ1v) is 6.56. The molecule has 0 spiro atoms. The normalized spacial score (nSPS) is 12.3. The van der Waals surface area contributed by atoms with Gasteiger partial charge in [0.15, 0.2) is 0 Å². The standard InChI is InChI=1S/C13H24N2O4/c1-8(2)12(17)15-10(13(18)19)6-5-7-11(16)14-9(3)4/h8-10H,5-7H2,1-4H3,(H,14,16)(H,15,17)(H,18,19). The predicted molar refractivity (Wildman–Crippen MR) is 71.5 cm³/mol. The van der Waals surface area contributed by atoms with Crippen LogP contribution in [0.1, 0.15) is 47.0 Å². The van der Waals surface area contributed by atoms with Gasteiger partial charge in [-0.25, -0.2) is 4.79 Å². The number of hydrogen-bond acceptors (Lipinski definition) is 3. The van der Waals surface area contributed by atoms with Crippen LogP contribution in [0.3, 0.4) is 0 Å². The van der Waals surface area contributed by atoms with Gasteiger partial charge in [-0.05, 0) is 26.7 Å². The molecule has 0 heterocycles. The summed E-state index contributed by atoms with van der Waals surface area (Å²) in [5, 5.41) is 14.2. The molecule has 0 radical (unpaired) electrons. The molecule has 110 valence electrons. The number of aliphatic carboxylic acids is 1. The molecule has 0 saturated carbocycles. The molecule has 0 aliphatic carbocycles. The molecule has 0 aliphatic heterocycles. The highest BCUT2D eigenvalue weighted by Gasteiger charge is 2.21. The van der Waals surface area contributed by atoms with Crippen molar-refractivity contribution in [3.8, 4) is 0 Å². The Balaban J connectivity index is 4.13. The van der Waals surface area contributed by atoms with Crippen molar-refractivity contribution in [2.24, 2.45) is 5.92 Å².